The van der Waals surface area contributed by atoms with Crippen LogP contribution in [0.4, 0.5) is 8.78 Å². The lowest BCUT2D eigenvalue weighted by molar-refractivity contribution is 0.0269. The highest BCUT2D eigenvalue weighted by Crippen LogP contribution is 2.26. The molecule has 108 valence electrons. The Balaban J connectivity index is 3.06. The third-order valence-corrected chi connectivity index (χ3v) is 3.07. The number of likely N-dealkylation sites (N-methyl/N-ethyl adjacent to an activating group) is 1. The van der Waals surface area contributed by atoms with E-state index in [2.05, 4.69) is 12.2 Å². The second-order valence-corrected chi connectivity index (χ2v) is 4.46. The van der Waals surface area contributed by atoms with E-state index < -0.39 is 11.6 Å². The van der Waals surface area contributed by atoms with Crippen molar-refractivity contribution in [1.29, 1.82) is 0 Å². The van der Waals surface area contributed by atoms with Crippen molar-refractivity contribution in [2.24, 2.45) is 0 Å². The molecule has 0 saturated heterocycles. The fourth-order valence-corrected chi connectivity index (χ4v) is 2.27. The molecule has 1 aromatic carbocycles. The van der Waals surface area contributed by atoms with Crippen LogP contribution in [-0.2, 0) is 4.74 Å². The minimum Gasteiger partial charge on any atom is -0.377 e. The summed E-state index contributed by atoms with van der Waals surface area (Å²) >= 11 is 0. The van der Waals surface area contributed by atoms with Gasteiger partial charge in [0.1, 0.15) is 0 Å². The first kappa shape index (κ1) is 16.1. The molecule has 0 spiro atoms. The molecule has 1 rings (SSSR count). The molecule has 0 radical (unpaired) electrons. The monoisotopic (exact) mass is 271 g/mol. The predicted octanol–water partition coefficient (Wildman–Crippen LogP) is 3.82. The molecule has 0 aliphatic heterocycles. The summed E-state index contributed by atoms with van der Waals surface area (Å²) in [6, 6.07) is 3.97. The van der Waals surface area contributed by atoms with Gasteiger partial charge in [-0.05, 0) is 26.0 Å². The number of hydrogen-bond acceptors (Lipinski definition) is 2. The normalized spacial score (nSPS) is 14.4. The Bertz CT molecular complexity index is 378. The van der Waals surface area contributed by atoms with Crippen LogP contribution in [0.25, 0.3) is 0 Å². The van der Waals surface area contributed by atoms with Crippen molar-refractivity contribution in [2.45, 2.75) is 45.8 Å². The maximum absolute atomic E-state index is 13.9. The zero-order chi connectivity index (χ0) is 14.3. The Morgan fingerprint density at radius 2 is 1.95 bits per heavy atom. The Labute approximate surface area is 114 Å². The molecule has 0 saturated carbocycles. The topological polar surface area (TPSA) is 21.3 Å². The first-order chi connectivity index (χ1) is 9.15. The maximum Gasteiger partial charge on any atom is 0.163 e. The van der Waals surface area contributed by atoms with E-state index in [1.165, 1.54) is 6.07 Å². The Morgan fingerprint density at radius 1 is 1.21 bits per heavy atom. The first-order valence-electron chi connectivity index (χ1n) is 6.94. The van der Waals surface area contributed by atoms with Gasteiger partial charge in [-0.3, -0.25) is 0 Å². The molecule has 2 atom stereocenters. The van der Waals surface area contributed by atoms with Crippen LogP contribution in [-0.4, -0.2) is 19.3 Å². The van der Waals surface area contributed by atoms with Crippen LogP contribution in [0, 0.1) is 11.6 Å². The van der Waals surface area contributed by atoms with Crippen molar-refractivity contribution in [2.75, 3.05) is 13.2 Å². The number of ether oxygens (including phenoxy) is 1. The smallest absolute Gasteiger partial charge is 0.163 e. The van der Waals surface area contributed by atoms with E-state index in [1.54, 1.807) is 6.07 Å². The number of halogens is 2. The van der Waals surface area contributed by atoms with Gasteiger partial charge in [0, 0.05) is 12.2 Å². The fourth-order valence-electron chi connectivity index (χ4n) is 2.27. The summed E-state index contributed by atoms with van der Waals surface area (Å²) in [7, 11) is 0. The van der Waals surface area contributed by atoms with Gasteiger partial charge >= 0.3 is 0 Å². The summed E-state index contributed by atoms with van der Waals surface area (Å²) in [5.41, 5.74) is 0.341. The molecule has 0 amide bonds. The molecular formula is C15H23F2NO. The lowest BCUT2D eigenvalue weighted by Crippen LogP contribution is -2.34. The first-order valence-corrected chi connectivity index (χ1v) is 6.94. The molecule has 1 aromatic rings. The van der Waals surface area contributed by atoms with Crippen molar-refractivity contribution >= 4 is 0 Å². The van der Waals surface area contributed by atoms with Crippen molar-refractivity contribution in [3.63, 3.8) is 0 Å². The predicted molar refractivity (Wildman–Crippen MR) is 73.1 cm³/mol. The Kier molecular flexibility index (Phi) is 6.95. The summed E-state index contributed by atoms with van der Waals surface area (Å²) in [5.74, 6) is -1.60. The van der Waals surface area contributed by atoms with Gasteiger partial charge < -0.3 is 10.1 Å². The average molecular weight is 271 g/mol. The second-order valence-electron chi connectivity index (χ2n) is 4.46. The zero-order valence-corrected chi connectivity index (χ0v) is 11.9. The summed E-state index contributed by atoms with van der Waals surface area (Å²) in [6.45, 7) is 7.14. The lowest BCUT2D eigenvalue weighted by atomic mass is 9.97. The minimum absolute atomic E-state index is 0.147. The molecule has 2 unspecified atom stereocenters. The van der Waals surface area contributed by atoms with Crippen molar-refractivity contribution in [3.8, 4) is 0 Å². The van der Waals surface area contributed by atoms with E-state index in [1.807, 2.05) is 13.8 Å². The second kappa shape index (κ2) is 8.23. The van der Waals surface area contributed by atoms with E-state index in [0.29, 0.717) is 18.7 Å². The summed E-state index contributed by atoms with van der Waals surface area (Å²) in [6.07, 6.45) is 1.59. The number of nitrogens with one attached hydrogen (secondary N) is 1. The highest BCUT2D eigenvalue weighted by molar-refractivity contribution is 5.23. The summed E-state index contributed by atoms with van der Waals surface area (Å²) in [4.78, 5) is 0. The van der Waals surface area contributed by atoms with Gasteiger partial charge in [-0.15, -0.1) is 0 Å². The molecular weight excluding hydrogens is 248 g/mol. The Morgan fingerprint density at radius 3 is 2.53 bits per heavy atom. The van der Waals surface area contributed by atoms with Crippen LogP contribution in [0.15, 0.2) is 18.2 Å². The fraction of sp³-hybridized carbons (Fsp3) is 0.600. The largest absolute Gasteiger partial charge is 0.377 e. The van der Waals surface area contributed by atoms with Gasteiger partial charge in [0.05, 0.1) is 12.1 Å². The molecule has 0 aromatic heterocycles. The molecule has 0 aliphatic rings. The van der Waals surface area contributed by atoms with E-state index in [4.69, 9.17) is 4.74 Å². The van der Waals surface area contributed by atoms with Crippen LogP contribution < -0.4 is 5.32 Å². The van der Waals surface area contributed by atoms with Crippen LogP contribution in [0.2, 0.25) is 0 Å². The molecule has 1 N–H and O–H groups in total. The summed E-state index contributed by atoms with van der Waals surface area (Å²) in [5, 5.41) is 3.20. The van der Waals surface area contributed by atoms with Gasteiger partial charge in [0.25, 0.3) is 0 Å². The van der Waals surface area contributed by atoms with Crippen LogP contribution >= 0.6 is 0 Å². The molecule has 0 heterocycles. The zero-order valence-electron chi connectivity index (χ0n) is 11.9. The molecule has 0 bridgehead atoms. The standard InChI is InChI=1S/C15H23F2NO/c1-4-8-13(19-6-3)15(18-5-2)11-9-7-10-12(16)14(11)17/h7,9-10,13,15,18H,4-6,8H2,1-3H3. The Hall–Kier alpha value is -1.00. The van der Waals surface area contributed by atoms with E-state index in [-0.39, 0.29) is 12.1 Å². The van der Waals surface area contributed by atoms with Crippen LogP contribution in [0.3, 0.4) is 0 Å². The quantitative estimate of drug-likeness (QED) is 0.776. The average Bonchev–Trinajstić information content (AvgIpc) is 2.40. The minimum atomic E-state index is -0.813. The van der Waals surface area contributed by atoms with Crippen molar-refractivity contribution in [1.82, 2.24) is 5.32 Å². The molecule has 19 heavy (non-hydrogen) atoms. The SMILES string of the molecule is CCCC(OCC)C(NCC)c1cccc(F)c1F. The van der Waals surface area contributed by atoms with E-state index >= 15 is 0 Å². The summed E-state index contributed by atoms with van der Waals surface area (Å²) < 4.78 is 33.0. The number of benzene rings is 1. The van der Waals surface area contributed by atoms with Gasteiger partial charge in [0.2, 0.25) is 0 Å². The van der Waals surface area contributed by atoms with Gasteiger partial charge in [-0.1, -0.05) is 32.4 Å². The highest BCUT2D eigenvalue weighted by atomic mass is 19.2. The maximum atomic E-state index is 13.9. The van der Waals surface area contributed by atoms with E-state index in [0.717, 1.165) is 18.9 Å². The third kappa shape index (κ3) is 4.25. The number of hydrogen-bond donors (Lipinski definition) is 1. The lowest BCUT2D eigenvalue weighted by Gasteiger charge is -2.28. The van der Waals surface area contributed by atoms with Gasteiger partial charge in [0.15, 0.2) is 11.6 Å². The van der Waals surface area contributed by atoms with Crippen molar-refractivity contribution in [3.05, 3.63) is 35.4 Å². The third-order valence-electron chi connectivity index (χ3n) is 3.07. The number of rotatable bonds is 8. The highest BCUT2D eigenvalue weighted by Gasteiger charge is 2.26. The molecule has 0 fully saturated rings. The van der Waals surface area contributed by atoms with Crippen LogP contribution in [0.1, 0.15) is 45.2 Å². The van der Waals surface area contributed by atoms with E-state index in [9.17, 15) is 8.78 Å². The van der Waals surface area contributed by atoms with Crippen LogP contribution in [0.5, 0.6) is 0 Å². The van der Waals surface area contributed by atoms with Gasteiger partial charge in [-0.25, -0.2) is 8.78 Å². The molecule has 2 nitrogen and oxygen atoms in total. The molecule has 4 heteroatoms. The van der Waals surface area contributed by atoms with Gasteiger partial charge in [-0.2, -0.15) is 0 Å². The molecule has 0 aliphatic carbocycles. The van der Waals surface area contributed by atoms with Crippen molar-refractivity contribution < 1.29 is 13.5 Å².